The second-order valence-corrected chi connectivity index (χ2v) is 9.23. The van der Waals surface area contributed by atoms with Gasteiger partial charge in [-0.15, -0.1) is 11.6 Å². The highest BCUT2D eigenvalue weighted by atomic mass is 35.5. The lowest BCUT2D eigenvalue weighted by atomic mass is 10.3. The summed E-state index contributed by atoms with van der Waals surface area (Å²) in [7, 11) is 0. The third-order valence-electron chi connectivity index (χ3n) is 2.53. The Labute approximate surface area is 169 Å². The van der Waals surface area contributed by atoms with Gasteiger partial charge in [0.25, 0.3) is 0 Å². The van der Waals surface area contributed by atoms with Gasteiger partial charge in [-0.2, -0.15) is 0 Å². The Kier molecular flexibility index (Phi) is 7.79. The molecule has 3 nitrogen and oxygen atoms in total. The summed E-state index contributed by atoms with van der Waals surface area (Å²) in [4.78, 5) is 0. The van der Waals surface area contributed by atoms with Crippen LogP contribution >= 0.6 is 64.7 Å². The lowest BCUT2D eigenvalue weighted by Crippen LogP contribution is -2.07. The summed E-state index contributed by atoms with van der Waals surface area (Å²) < 4.78 is 17.0. The van der Waals surface area contributed by atoms with Crippen molar-refractivity contribution in [2.24, 2.45) is 0 Å². The lowest BCUT2D eigenvalue weighted by molar-refractivity contribution is 0.278. The molecular weight excluding hydrogens is 456 g/mol. The molecule has 0 radical (unpaired) electrons. The molecule has 0 saturated carbocycles. The van der Waals surface area contributed by atoms with E-state index in [1.54, 1.807) is 24.3 Å². The third-order valence-corrected chi connectivity index (χ3v) is 5.85. The summed E-state index contributed by atoms with van der Waals surface area (Å²) >= 11 is 35.0. The summed E-state index contributed by atoms with van der Waals surface area (Å²) in [6.45, 7) is -3.14. The fourth-order valence-electron chi connectivity index (χ4n) is 1.56. The Hall–Kier alpha value is 0.1000. The highest BCUT2D eigenvalue weighted by Crippen LogP contribution is 2.52. The summed E-state index contributed by atoms with van der Waals surface area (Å²) in [6, 6.07) is 9.41. The van der Waals surface area contributed by atoms with E-state index < -0.39 is 6.72 Å². The fourth-order valence-corrected chi connectivity index (χ4v) is 4.71. The molecule has 2 aromatic rings. The molecule has 0 unspecified atom stereocenters. The predicted octanol–water partition coefficient (Wildman–Crippen LogP) is 7.24. The van der Waals surface area contributed by atoms with E-state index in [2.05, 4.69) is 0 Å². The molecule has 130 valence electrons. The number of hydrogen-bond donors (Lipinski definition) is 0. The van der Waals surface area contributed by atoms with Crippen molar-refractivity contribution in [2.45, 2.75) is 0 Å². The molecule has 0 fully saturated rings. The van der Waals surface area contributed by atoms with Gasteiger partial charge in [0.05, 0.1) is 16.7 Å². The second kappa shape index (κ2) is 9.16. The normalized spacial score (nSPS) is 11.4. The van der Waals surface area contributed by atoms with E-state index >= 15 is 0 Å². The van der Waals surface area contributed by atoms with Gasteiger partial charge in [-0.25, -0.2) is 0 Å². The van der Waals surface area contributed by atoms with Crippen LogP contribution in [-0.2, 0) is 16.3 Å². The first-order valence-corrected chi connectivity index (χ1v) is 11.0. The summed E-state index contributed by atoms with van der Waals surface area (Å²) in [6.07, 6.45) is 0. The van der Waals surface area contributed by atoms with Crippen LogP contribution in [0.4, 0.5) is 0 Å². The van der Waals surface area contributed by atoms with Gasteiger partial charge in [0.1, 0.15) is 11.5 Å². The molecule has 0 aliphatic rings. The van der Waals surface area contributed by atoms with Crippen LogP contribution in [0.25, 0.3) is 0 Å². The molecule has 0 atom stereocenters. The first-order valence-electron chi connectivity index (χ1n) is 6.43. The van der Waals surface area contributed by atoms with Crippen molar-refractivity contribution < 1.29 is 13.6 Å². The average molecular weight is 467 g/mol. The highest BCUT2D eigenvalue weighted by molar-refractivity contribution is 8.07. The zero-order valence-corrected chi connectivity index (χ0v) is 17.3. The van der Waals surface area contributed by atoms with E-state index in [-0.39, 0.29) is 34.0 Å². The van der Waals surface area contributed by atoms with Gasteiger partial charge in [-0.05, 0) is 36.4 Å². The van der Waals surface area contributed by atoms with Gasteiger partial charge in [0, 0.05) is 27.7 Å². The molecule has 0 amide bonds. The molecule has 0 bridgehead atoms. The number of hydrogen-bond acceptors (Lipinski definition) is 4. The predicted molar refractivity (Wildman–Crippen MR) is 105 cm³/mol. The number of alkyl halides is 1. The highest BCUT2D eigenvalue weighted by Gasteiger charge is 2.27. The first-order chi connectivity index (χ1) is 11.3. The van der Waals surface area contributed by atoms with Crippen molar-refractivity contribution in [2.75, 3.05) is 12.5 Å². The van der Waals surface area contributed by atoms with Gasteiger partial charge in [0.2, 0.25) is 0 Å². The van der Waals surface area contributed by atoms with Gasteiger partial charge in [-0.1, -0.05) is 46.4 Å². The van der Waals surface area contributed by atoms with Crippen LogP contribution in [0.3, 0.4) is 0 Å². The number of halogens is 5. The molecule has 0 aliphatic carbocycles. The van der Waals surface area contributed by atoms with Crippen LogP contribution in [0.15, 0.2) is 36.4 Å². The number of rotatable bonds is 7. The fraction of sp³-hybridized carbons (Fsp3) is 0.143. The van der Waals surface area contributed by atoms with E-state index in [4.69, 9.17) is 83.4 Å². The van der Waals surface area contributed by atoms with Gasteiger partial charge in [0.15, 0.2) is 0 Å². The molecule has 2 rings (SSSR count). The van der Waals surface area contributed by atoms with Crippen LogP contribution in [0.2, 0.25) is 20.1 Å². The summed E-state index contributed by atoms with van der Waals surface area (Å²) in [5.41, 5.74) is 0. The van der Waals surface area contributed by atoms with Gasteiger partial charge >= 0.3 is 6.72 Å². The van der Waals surface area contributed by atoms with E-state index in [1.807, 2.05) is 0 Å². The van der Waals surface area contributed by atoms with E-state index in [0.29, 0.717) is 10.0 Å². The molecule has 0 spiro atoms. The van der Waals surface area contributed by atoms with E-state index in [1.165, 1.54) is 12.1 Å². The smallest absolute Gasteiger partial charge is 0.414 e. The maximum atomic E-state index is 6.11. The molecule has 24 heavy (non-hydrogen) atoms. The number of benzene rings is 2. The Morgan fingerprint density at radius 1 is 0.833 bits per heavy atom. The standard InChI is InChI=1S/C14H10Cl5O3PS/c15-5-6-20-23(24,21-13-3-1-9(16)7-11(13)18)22-14-4-2-10(17)8-12(14)19/h1-4,7-8H,5-6H2. The SMILES string of the molecule is S=P(OCCCl)(Oc1ccc(Cl)cc1Cl)Oc1ccc(Cl)cc1Cl. The molecule has 0 heterocycles. The Morgan fingerprint density at radius 3 is 1.67 bits per heavy atom. The van der Waals surface area contributed by atoms with Crippen LogP contribution < -0.4 is 9.05 Å². The topological polar surface area (TPSA) is 27.7 Å². The van der Waals surface area contributed by atoms with Crippen molar-refractivity contribution >= 4 is 76.5 Å². The first kappa shape index (κ1) is 20.4. The van der Waals surface area contributed by atoms with Crippen molar-refractivity contribution in [3.8, 4) is 11.5 Å². The molecule has 10 heteroatoms. The molecule has 2 aromatic carbocycles. The van der Waals surface area contributed by atoms with Crippen LogP contribution in [0, 0.1) is 0 Å². The van der Waals surface area contributed by atoms with Gasteiger partial charge < -0.3 is 9.05 Å². The third kappa shape index (κ3) is 5.82. The van der Waals surface area contributed by atoms with E-state index in [9.17, 15) is 0 Å². The molecule has 0 aromatic heterocycles. The summed E-state index contributed by atoms with van der Waals surface area (Å²) in [5, 5.41) is 1.47. The Balaban J connectivity index is 2.29. The quantitative estimate of drug-likeness (QED) is 0.318. The minimum absolute atomic E-state index is 0.134. The minimum atomic E-state index is -3.27. The van der Waals surface area contributed by atoms with E-state index in [0.717, 1.165) is 0 Å². The molecule has 0 saturated heterocycles. The van der Waals surface area contributed by atoms with Crippen molar-refractivity contribution in [3.63, 3.8) is 0 Å². The van der Waals surface area contributed by atoms with Crippen LogP contribution in [0.1, 0.15) is 0 Å². The lowest BCUT2D eigenvalue weighted by Gasteiger charge is -2.23. The molecular formula is C14H10Cl5O3PS. The van der Waals surface area contributed by atoms with Crippen molar-refractivity contribution in [1.82, 2.24) is 0 Å². The summed E-state index contributed by atoms with van der Waals surface area (Å²) in [5.74, 6) is 0.779. The van der Waals surface area contributed by atoms with Gasteiger partial charge in [-0.3, -0.25) is 4.52 Å². The Morgan fingerprint density at radius 2 is 1.29 bits per heavy atom. The van der Waals surface area contributed by atoms with Crippen LogP contribution in [-0.4, -0.2) is 12.5 Å². The monoisotopic (exact) mass is 464 g/mol. The minimum Gasteiger partial charge on any atom is -0.414 e. The zero-order valence-electron chi connectivity index (χ0n) is 11.8. The van der Waals surface area contributed by atoms with Crippen molar-refractivity contribution in [1.29, 1.82) is 0 Å². The largest absolute Gasteiger partial charge is 0.435 e. The van der Waals surface area contributed by atoms with Crippen molar-refractivity contribution in [3.05, 3.63) is 56.5 Å². The average Bonchev–Trinajstić information content (AvgIpc) is 2.51. The second-order valence-electron chi connectivity index (χ2n) is 4.30. The van der Waals surface area contributed by atoms with Crippen LogP contribution in [0.5, 0.6) is 11.5 Å². The Bertz CT molecular complexity index is 717. The molecule has 0 N–H and O–H groups in total. The zero-order chi connectivity index (χ0) is 17.7. The maximum Gasteiger partial charge on any atom is 0.435 e. The maximum absolute atomic E-state index is 6.11. The molecule has 0 aliphatic heterocycles.